The first kappa shape index (κ1) is 16.9. The molecular weight excluding hydrogens is 361 g/mol. The van der Waals surface area contributed by atoms with E-state index in [0.29, 0.717) is 22.0 Å². The van der Waals surface area contributed by atoms with E-state index in [0.717, 1.165) is 19.5 Å². The number of rotatable bonds is 2. The zero-order valence-corrected chi connectivity index (χ0v) is 15.2. The smallest absolute Gasteiger partial charge is 0.260 e. The van der Waals surface area contributed by atoms with E-state index in [1.54, 1.807) is 48.3 Å². The molecule has 0 bridgehead atoms. The molecule has 4 aromatic rings. The van der Waals surface area contributed by atoms with Gasteiger partial charge < -0.3 is 15.0 Å². The van der Waals surface area contributed by atoms with Gasteiger partial charge in [0.2, 0.25) is 0 Å². The average molecular weight is 379 g/mol. The third kappa shape index (κ3) is 2.49. The van der Waals surface area contributed by atoms with E-state index in [1.807, 2.05) is 0 Å². The van der Waals surface area contributed by atoms with Crippen molar-refractivity contribution in [2.24, 2.45) is 7.05 Å². The fourth-order valence-electron chi connectivity index (χ4n) is 3.89. The summed E-state index contributed by atoms with van der Waals surface area (Å²) in [5, 5.41) is 18.7. The van der Waals surface area contributed by atoms with Gasteiger partial charge in [-0.05, 0) is 37.2 Å². The maximum atomic E-state index is 14.5. The van der Waals surface area contributed by atoms with Crippen LogP contribution in [0, 0.1) is 5.82 Å². The Balaban J connectivity index is 1.66. The van der Waals surface area contributed by atoms with Gasteiger partial charge in [0.15, 0.2) is 11.6 Å². The van der Waals surface area contributed by atoms with Crippen LogP contribution in [-0.2, 0) is 7.05 Å². The first-order valence-corrected chi connectivity index (χ1v) is 9.11. The second kappa shape index (κ2) is 6.13. The van der Waals surface area contributed by atoms with Gasteiger partial charge in [-0.3, -0.25) is 9.48 Å². The highest BCUT2D eigenvalue weighted by molar-refractivity contribution is 5.89. The SMILES string of the molecule is Cn1cc2cc(-c3ccc4c(=O)n([C@@H]5CCNC5)ccc4n3)c(O)c(F)c2n1. The van der Waals surface area contributed by atoms with Crippen molar-refractivity contribution < 1.29 is 9.50 Å². The lowest BCUT2D eigenvalue weighted by Gasteiger charge is -2.13. The minimum Gasteiger partial charge on any atom is -0.504 e. The lowest BCUT2D eigenvalue weighted by atomic mass is 10.1. The van der Waals surface area contributed by atoms with E-state index in [-0.39, 0.29) is 22.7 Å². The van der Waals surface area contributed by atoms with E-state index in [1.165, 1.54) is 4.68 Å². The molecule has 1 atom stereocenters. The zero-order chi connectivity index (χ0) is 19.4. The highest BCUT2D eigenvalue weighted by Crippen LogP contribution is 2.35. The number of benzene rings is 1. The number of nitrogens with one attached hydrogen (secondary N) is 1. The van der Waals surface area contributed by atoms with Crippen LogP contribution in [-0.4, -0.2) is 37.5 Å². The molecule has 1 aliphatic heterocycles. The summed E-state index contributed by atoms with van der Waals surface area (Å²) < 4.78 is 17.8. The number of aryl methyl sites for hydroxylation is 1. The molecule has 1 aliphatic rings. The predicted molar refractivity (Wildman–Crippen MR) is 104 cm³/mol. The molecule has 1 aromatic carbocycles. The van der Waals surface area contributed by atoms with Gasteiger partial charge in [-0.1, -0.05) is 0 Å². The van der Waals surface area contributed by atoms with Crippen molar-refractivity contribution in [1.82, 2.24) is 24.6 Å². The number of halogens is 1. The van der Waals surface area contributed by atoms with Crippen LogP contribution in [0.5, 0.6) is 5.75 Å². The molecule has 7 nitrogen and oxygen atoms in total. The maximum absolute atomic E-state index is 14.5. The Kier molecular flexibility index (Phi) is 3.70. The number of aromatic nitrogens is 4. The molecule has 1 saturated heterocycles. The van der Waals surface area contributed by atoms with Crippen LogP contribution in [0.3, 0.4) is 0 Å². The number of fused-ring (bicyclic) bond motifs is 2. The van der Waals surface area contributed by atoms with E-state index in [2.05, 4.69) is 15.4 Å². The molecule has 0 saturated carbocycles. The fourth-order valence-corrected chi connectivity index (χ4v) is 3.89. The largest absolute Gasteiger partial charge is 0.504 e. The minimum absolute atomic E-state index is 0.0941. The standard InChI is InChI=1S/C20H18FN5O2/c1-25-10-11-8-14(19(27)17(21)18(11)24-25)15-3-2-13-16(23-15)5-7-26(20(13)28)12-4-6-22-9-12/h2-3,5,7-8,10,12,22,27H,4,6,9H2,1H3/t12-/m1/s1. The molecule has 5 rings (SSSR count). The number of phenolic OH excluding ortho intramolecular Hbond substituents is 1. The maximum Gasteiger partial charge on any atom is 0.260 e. The molecule has 2 N–H and O–H groups in total. The van der Waals surface area contributed by atoms with Gasteiger partial charge >= 0.3 is 0 Å². The van der Waals surface area contributed by atoms with Crippen LogP contribution in [0.4, 0.5) is 4.39 Å². The Labute approximate surface area is 159 Å². The molecule has 142 valence electrons. The van der Waals surface area contributed by atoms with E-state index < -0.39 is 11.6 Å². The molecule has 0 unspecified atom stereocenters. The molecule has 0 aliphatic carbocycles. The van der Waals surface area contributed by atoms with E-state index >= 15 is 0 Å². The molecule has 0 amide bonds. The van der Waals surface area contributed by atoms with Crippen molar-refractivity contribution >= 4 is 21.8 Å². The summed E-state index contributed by atoms with van der Waals surface area (Å²) in [5.74, 6) is -1.28. The quantitative estimate of drug-likeness (QED) is 0.558. The topological polar surface area (TPSA) is 85.0 Å². The summed E-state index contributed by atoms with van der Waals surface area (Å²) in [7, 11) is 1.69. The first-order valence-electron chi connectivity index (χ1n) is 9.11. The summed E-state index contributed by atoms with van der Waals surface area (Å²) in [4.78, 5) is 17.3. The van der Waals surface area contributed by atoms with E-state index in [9.17, 15) is 14.3 Å². The van der Waals surface area contributed by atoms with E-state index in [4.69, 9.17) is 0 Å². The highest BCUT2D eigenvalue weighted by Gasteiger charge is 2.20. The molecule has 0 spiro atoms. The van der Waals surface area contributed by atoms with Gasteiger partial charge in [0.25, 0.3) is 5.56 Å². The summed E-state index contributed by atoms with van der Waals surface area (Å²) in [6.45, 7) is 1.67. The fraction of sp³-hybridized carbons (Fsp3) is 0.250. The lowest BCUT2D eigenvalue weighted by Crippen LogP contribution is -2.25. The van der Waals surface area contributed by atoms with Crippen molar-refractivity contribution in [3.8, 4) is 17.0 Å². The third-order valence-corrected chi connectivity index (χ3v) is 5.31. The number of hydrogen-bond acceptors (Lipinski definition) is 5. The van der Waals surface area contributed by atoms with Crippen molar-refractivity contribution in [1.29, 1.82) is 0 Å². The van der Waals surface area contributed by atoms with Crippen molar-refractivity contribution in [2.75, 3.05) is 13.1 Å². The van der Waals surface area contributed by atoms with Crippen LogP contribution in [0.1, 0.15) is 12.5 Å². The van der Waals surface area contributed by atoms with Crippen LogP contribution < -0.4 is 10.9 Å². The van der Waals surface area contributed by atoms with Gasteiger partial charge in [0, 0.05) is 36.9 Å². The van der Waals surface area contributed by atoms with Crippen LogP contribution in [0.15, 0.2) is 41.5 Å². The number of nitrogens with zero attached hydrogens (tertiary/aromatic N) is 4. The molecule has 28 heavy (non-hydrogen) atoms. The molecular formula is C20H18FN5O2. The van der Waals surface area contributed by atoms with Crippen molar-refractivity contribution in [2.45, 2.75) is 12.5 Å². The second-order valence-electron chi connectivity index (χ2n) is 7.13. The number of aromatic hydroxyl groups is 1. The minimum atomic E-state index is -0.779. The summed E-state index contributed by atoms with van der Waals surface area (Å²) >= 11 is 0. The second-order valence-corrected chi connectivity index (χ2v) is 7.13. The van der Waals surface area contributed by atoms with Crippen LogP contribution in [0.2, 0.25) is 0 Å². The summed E-state index contributed by atoms with van der Waals surface area (Å²) in [6.07, 6.45) is 4.34. The van der Waals surface area contributed by atoms with Crippen LogP contribution in [0.25, 0.3) is 33.1 Å². The van der Waals surface area contributed by atoms with Gasteiger partial charge in [-0.15, -0.1) is 0 Å². The monoisotopic (exact) mass is 379 g/mol. The number of phenols is 1. The van der Waals surface area contributed by atoms with Gasteiger partial charge in [0.1, 0.15) is 5.52 Å². The third-order valence-electron chi connectivity index (χ3n) is 5.31. The normalized spacial score (nSPS) is 17.0. The molecule has 1 fully saturated rings. The zero-order valence-electron chi connectivity index (χ0n) is 15.2. The Morgan fingerprint density at radius 1 is 1.32 bits per heavy atom. The van der Waals surface area contributed by atoms with Crippen molar-refractivity contribution in [3.05, 3.63) is 52.8 Å². The summed E-state index contributed by atoms with van der Waals surface area (Å²) in [6, 6.07) is 6.90. The first-order chi connectivity index (χ1) is 13.5. The van der Waals surface area contributed by atoms with Crippen LogP contribution >= 0.6 is 0 Å². The number of hydrogen-bond donors (Lipinski definition) is 2. The highest BCUT2D eigenvalue weighted by atomic mass is 19.1. The van der Waals surface area contributed by atoms with Gasteiger partial charge in [-0.2, -0.15) is 5.10 Å². The van der Waals surface area contributed by atoms with Gasteiger partial charge in [0.05, 0.1) is 22.6 Å². The molecule has 8 heteroatoms. The Morgan fingerprint density at radius 2 is 2.18 bits per heavy atom. The Bertz CT molecular complexity index is 1290. The summed E-state index contributed by atoms with van der Waals surface area (Å²) in [5.41, 5.74) is 1.19. The molecule has 4 heterocycles. The predicted octanol–water partition coefficient (Wildman–Crippen LogP) is 2.33. The lowest BCUT2D eigenvalue weighted by molar-refractivity contribution is 0.437. The molecule has 0 radical (unpaired) electrons. The van der Waals surface area contributed by atoms with Crippen molar-refractivity contribution in [3.63, 3.8) is 0 Å². The molecule has 3 aromatic heterocycles. The Morgan fingerprint density at radius 3 is 2.96 bits per heavy atom. The van der Waals surface area contributed by atoms with Gasteiger partial charge in [-0.25, -0.2) is 9.37 Å². The Hall–Kier alpha value is -3.26. The number of pyridine rings is 2. The average Bonchev–Trinajstić information content (AvgIpc) is 3.34.